The maximum atomic E-state index is 5.34. The van der Waals surface area contributed by atoms with Crippen LogP contribution in [-0.4, -0.2) is 26.7 Å². The Morgan fingerprint density at radius 2 is 1.96 bits per heavy atom. The Balaban J connectivity index is 1.51. The first-order valence-electron chi connectivity index (χ1n) is 7.84. The maximum Gasteiger partial charge on any atom is 0.244 e. The molecule has 1 unspecified atom stereocenters. The first-order chi connectivity index (χ1) is 11.9. The van der Waals surface area contributed by atoms with E-state index in [-0.39, 0.29) is 6.04 Å². The van der Waals surface area contributed by atoms with Crippen LogP contribution in [0, 0.1) is 11.8 Å². The molecular formula is C18H15N5O. The summed E-state index contributed by atoms with van der Waals surface area (Å²) >= 11 is 0. The van der Waals surface area contributed by atoms with Gasteiger partial charge in [0.2, 0.25) is 11.7 Å². The van der Waals surface area contributed by atoms with Crippen molar-refractivity contribution < 1.29 is 4.52 Å². The molecule has 0 aromatic carbocycles. The summed E-state index contributed by atoms with van der Waals surface area (Å²) in [6, 6.07) is 7.66. The molecule has 4 rings (SSSR count). The van der Waals surface area contributed by atoms with Crippen LogP contribution in [0.2, 0.25) is 0 Å². The van der Waals surface area contributed by atoms with Crippen LogP contribution in [0.3, 0.4) is 0 Å². The van der Waals surface area contributed by atoms with Gasteiger partial charge in [-0.2, -0.15) is 4.98 Å². The minimum Gasteiger partial charge on any atom is -0.337 e. The zero-order valence-corrected chi connectivity index (χ0v) is 12.9. The molecule has 0 aliphatic carbocycles. The number of aromatic nitrogens is 4. The van der Waals surface area contributed by atoms with Gasteiger partial charge in [-0.3, -0.25) is 9.97 Å². The van der Waals surface area contributed by atoms with Gasteiger partial charge in [-0.05, 0) is 43.7 Å². The summed E-state index contributed by atoms with van der Waals surface area (Å²) in [4.78, 5) is 12.8. The van der Waals surface area contributed by atoms with Crippen molar-refractivity contribution in [3.05, 3.63) is 59.9 Å². The number of rotatable bonds is 2. The Kier molecular flexibility index (Phi) is 4.00. The molecule has 6 heteroatoms. The average molecular weight is 317 g/mol. The van der Waals surface area contributed by atoms with Gasteiger partial charge >= 0.3 is 0 Å². The highest BCUT2D eigenvalue weighted by molar-refractivity contribution is 5.50. The number of nitrogens with zero attached hydrogens (tertiary/aromatic N) is 4. The Labute approximate surface area is 139 Å². The molecule has 0 bridgehead atoms. The molecule has 3 aromatic heterocycles. The van der Waals surface area contributed by atoms with E-state index in [2.05, 4.69) is 37.3 Å². The van der Waals surface area contributed by atoms with Crippen molar-refractivity contribution in [2.24, 2.45) is 0 Å². The Morgan fingerprint density at radius 3 is 2.71 bits per heavy atom. The van der Waals surface area contributed by atoms with Crippen LogP contribution in [0.25, 0.3) is 11.5 Å². The van der Waals surface area contributed by atoms with Crippen molar-refractivity contribution in [2.75, 3.05) is 6.54 Å². The summed E-state index contributed by atoms with van der Waals surface area (Å²) in [5.74, 6) is 7.29. The second kappa shape index (κ2) is 6.60. The van der Waals surface area contributed by atoms with Crippen LogP contribution in [0.5, 0.6) is 0 Å². The van der Waals surface area contributed by atoms with Crippen molar-refractivity contribution >= 4 is 0 Å². The topological polar surface area (TPSA) is 76.7 Å². The van der Waals surface area contributed by atoms with Crippen LogP contribution < -0.4 is 5.32 Å². The molecule has 1 atom stereocenters. The monoisotopic (exact) mass is 317 g/mol. The van der Waals surface area contributed by atoms with E-state index in [9.17, 15) is 0 Å². The van der Waals surface area contributed by atoms with Gasteiger partial charge in [0, 0.05) is 29.7 Å². The van der Waals surface area contributed by atoms with Gasteiger partial charge < -0.3 is 9.84 Å². The number of pyridine rings is 2. The summed E-state index contributed by atoms with van der Waals surface area (Å²) in [5, 5.41) is 7.36. The normalized spacial score (nSPS) is 16.6. The first kappa shape index (κ1) is 14.5. The Hall–Kier alpha value is -3.04. The van der Waals surface area contributed by atoms with Crippen molar-refractivity contribution in [3.8, 4) is 23.4 Å². The lowest BCUT2D eigenvalue weighted by Gasteiger charge is -2.01. The molecular weight excluding hydrogens is 302 g/mol. The van der Waals surface area contributed by atoms with Gasteiger partial charge in [-0.1, -0.05) is 17.0 Å². The molecule has 0 radical (unpaired) electrons. The maximum absolute atomic E-state index is 5.34. The summed E-state index contributed by atoms with van der Waals surface area (Å²) in [6.45, 7) is 0.992. The zero-order chi connectivity index (χ0) is 16.2. The molecule has 1 aliphatic rings. The molecule has 0 spiro atoms. The third kappa shape index (κ3) is 3.16. The fourth-order valence-corrected chi connectivity index (χ4v) is 2.56. The zero-order valence-electron chi connectivity index (χ0n) is 12.9. The Morgan fingerprint density at radius 1 is 1.08 bits per heavy atom. The lowest BCUT2D eigenvalue weighted by atomic mass is 10.2. The number of hydrogen-bond acceptors (Lipinski definition) is 6. The van der Waals surface area contributed by atoms with Crippen LogP contribution >= 0.6 is 0 Å². The number of nitrogens with one attached hydrogen (secondary N) is 1. The fourth-order valence-electron chi connectivity index (χ4n) is 2.56. The van der Waals surface area contributed by atoms with E-state index in [0.717, 1.165) is 30.5 Å². The summed E-state index contributed by atoms with van der Waals surface area (Å²) in [7, 11) is 0. The minimum absolute atomic E-state index is 0.164. The van der Waals surface area contributed by atoms with Gasteiger partial charge in [0.25, 0.3) is 0 Å². The summed E-state index contributed by atoms with van der Waals surface area (Å²) < 4.78 is 5.34. The Bertz CT molecular complexity index is 871. The largest absolute Gasteiger partial charge is 0.337 e. The highest BCUT2D eigenvalue weighted by Crippen LogP contribution is 2.23. The molecule has 1 aliphatic heterocycles. The summed E-state index contributed by atoms with van der Waals surface area (Å²) in [6.07, 6.45) is 7.31. The molecule has 1 N–H and O–H groups in total. The van der Waals surface area contributed by atoms with Crippen molar-refractivity contribution in [3.63, 3.8) is 0 Å². The van der Waals surface area contributed by atoms with Crippen LogP contribution in [0.1, 0.15) is 35.9 Å². The molecule has 1 saturated heterocycles. The molecule has 6 nitrogen and oxygen atoms in total. The van der Waals surface area contributed by atoms with Crippen molar-refractivity contribution in [2.45, 2.75) is 18.9 Å². The molecule has 0 saturated carbocycles. The van der Waals surface area contributed by atoms with E-state index >= 15 is 0 Å². The van der Waals surface area contributed by atoms with Crippen LogP contribution in [0.15, 0.2) is 47.4 Å². The van der Waals surface area contributed by atoms with E-state index in [1.807, 2.05) is 24.3 Å². The van der Waals surface area contributed by atoms with Gasteiger partial charge in [-0.15, -0.1) is 0 Å². The van der Waals surface area contributed by atoms with Gasteiger partial charge in [0.15, 0.2) is 0 Å². The van der Waals surface area contributed by atoms with E-state index in [4.69, 9.17) is 4.52 Å². The van der Waals surface area contributed by atoms with E-state index in [0.29, 0.717) is 17.4 Å². The van der Waals surface area contributed by atoms with E-state index in [1.54, 1.807) is 18.6 Å². The SMILES string of the molecule is C(#Cc1ccc(-c2noc(C3CCCN3)n2)nc1)c1ccncc1. The van der Waals surface area contributed by atoms with Crippen molar-refractivity contribution in [1.82, 2.24) is 25.4 Å². The molecule has 3 aromatic rings. The molecule has 4 heterocycles. The molecule has 24 heavy (non-hydrogen) atoms. The lowest BCUT2D eigenvalue weighted by molar-refractivity contribution is 0.345. The standard InChI is InChI=1S/C18H15N5O/c1-2-16(20-9-1)18-22-17(23-24-18)15-6-5-14(12-21-15)4-3-13-7-10-19-11-8-13/h5-8,10-12,16,20H,1-2,9H2. The van der Waals surface area contributed by atoms with Gasteiger partial charge in [-0.25, -0.2) is 0 Å². The predicted octanol–water partition coefficient (Wildman–Crippen LogP) is 2.35. The highest BCUT2D eigenvalue weighted by atomic mass is 16.5. The minimum atomic E-state index is 0.164. The first-order valence-corrected chi connectivity index (χ1v) is 7.84. The number of hydrogen-bond donors (Lipinski definition) is 1. The van der Waals surface area contributed by atoms with Gasteiger partial charge in [0.1, 0.15) is 5.69 Å². The fraction of sp³-hybridized carbons (Fsp3) is 0.222. The summed E-state index contributed by atoms with van der Waals surface area (Å²) in [5.41, 5.74) is 2.43. The average Bonchev–Trinajstić information content (AvgIpc) is 3.33. The van der Waals surface area contributed by atoms with Crippen LogP contribution in [0.4, 0.5) is 0 Å². The quantitative estimate of drug-likeness (QED) is 0.731. The highest BCUT2D eigenvalue weighted by Gasteiger charge is 2.22. The molecule has 118 valence electrons. The van der Waals surface area contributed by atoms with E-state index < -0.39 is 0 Å². The van der Waals surface area contributed by atoms with Crippen LogP contribution in [-0.2, 0) is 0 Å². The second-order valence-electron chi connectivity index (χ2n) is 5.52. The van der Waals surface area contributed by atoms with E-state index in [1.165, 1.54) is 0 Å². The predicted molar refractivity (Wildman–Crippen MR) is 87.7 cm³/mol. The molecule has 1 fully saturated rings. The molecule has 0 amide bonds. The van der Waals surface area contributed by atoms with Gasteiger partial charge in [0.05, 0.1) is 6.04 Å². The lowest BCUT2D eigenvalue weighted by Crippen LogP contribution is -2.12. The third-order valence-corrected chi connectivity index (χ3v) is 3.82. The third-order valence-electron chi connectivity index (χ3n) is 3.82. The van der Waals surface area contributed by atoms with Crippen molar-refractivity contribution in [1.29, 1.82) is 0 Å². The second-order valence-corrected chi connectivity index (χ2v) is 5.52. The smallest absolute Gasteiger partial charge is 0.244 e.